The summed E-state index contributed by atoms with van der Waals surface area (Å²) in [4.78, 5) is 0. The third-order valence-electron chi connectivity index (χ3n) is 5.43. The highest BCUT2D eigenvalue weighted by atomic mass is 14.5. The van der Waals surface area contributed by atoms with Gasteiger partial charge in [-0.05, 0) is 55.3 Å². The SMILES string of the molecule is C[C@@H]1CCC2CCCC3CC2CC3C1. The molecule has 3 aliphatic carbocycles. The van der Waals surface area contributed by atoms with Crippen molar-refractivity contribution < 1.29 is 0 Å². The highest BCUT2D eigenvalue weighted by molar-refractivity contribution is 4.92. The van der Waals surface area contributed by atoms with Gasteiger partial charge in [-0.2, -0.15) is 0 Å². The summed E-state index contributed by atoms with van der Waals surface area (Å²) < 4.78 is 0. The van der Waals surface area contributed by atoms with Gasteiger partial charge < -0.3 is 0 Å². The Bertz CT molecular complexity index is 208. The van der Waals surface area contributed by atoms with Crippen LogP contribution in [0, 0.1) is 29.6 Å². The van der Waals surface area contributed by atoms with E-state index in [0.717, 1.165) is 29.6 Å². The van der Waals surface area contributed by atoms with Gasteiger partial charge in [0.25, 0.3) is 0 Å². The highest BCUT2D eigenvalue weighted by Gasteiger charge is 2.41. The molecule has 3 rings (SSSR count). The van der Waals surface area contributed by atoms with Crippen LogP contribution in [0.25, 0.3) is 0 Å². The molecule has 0 N–H and O–H groups in total. The first-order chi connectivity index (χ1) is 6.83. The molecule has 5 atom stereocenters. The lowest BCUT2D eigenvalue weighted by molar-refractivity contribution is 0.207. The number of fused-ring (bicyclic) bond motifs is 3. The maximum absolute atomic E-state index is 2.49. The first kappa shape index (κ1) is 9.24. The first-order valence-electron chi connectivity index (χ1n) is 6.83. The van der Waals surface area contributed by atoms with Crippen molar-refractivity contribution in [2.45, 2.75) is 58.3 Å². The van der Waals surface area contributed by atoms with Crippen LogP contribution < -0.4 is 0 Å². The monoisotopic (exact) mass is 192 g/mol. The second kappa shape index (κ2) is 3.54. The van der Waals surface area contributed by atoms with Gasteiger partial charge in [0.1, 0.15) is 0 Å². The van der Waals surface area contributed by atoms with Crippen molar-refractivity contribution in [3.63, 3.8) is 0 Å². The summed E-state index contributed by atoms with van der Waals surface area (Å²) in [6, 6.07) is 0. The van der Waals surface area contributed by atoms with E-state index in [9.17, 15) is 0 Å². The Balaban J connectivity index is 1.84. The molecule has 0 radical (unpaired) electrons. The first-order valence-corrected chi connectivity index (χ1v) is 6.83. The molecule has 0 saturated heterocycles. The molecule has 0 aliphatic heterocycles. The van der Waals surface area contributed by atoms with Gasteiger partial charge in [-0.1, -0.05) is 32.6 Å². The molecule has 3 aliphatic rings. The van der Waals surface area contributed by atoms with E-state index in [1.165, 1.54) is 6.42 Å². The third kappa shape index (κ3) is 1.51. The summed E-state index contributed by atoms with van der Waals surface area (Å²) in [7, 11) is 0. The van der Waals surface area contributed by atoms with E-state index < -0.39 is 0 Å². The zero-order valence-electron chi connectivity index (χ0n) is 9.54. The van der Waals surface area contributed by atoms with Crippen molar-refractivity contribution in [2.24, 2.45) is 29.6 Å². The molecule has 0 amide bonds. The van der Waals surface area contributed by atoms with Crippen molar-refractivity contribution >= 4 is 0 Å². The Morgan fingerprint density at radius 1 is 0.643 bits per heavy atom. The van der Waals surface area contributed by atoms with E-state index in [2.05, 4.69) is 6.92 Å². The predicted octanol–water partition coefficient (Wildman–Crippen LogP) is 4.25. The van der Waals surface area contributed by atoms with Crippen molar-refractivity contribution in [2.75, 3.05) is 0 Å². The molecule has 3 saturated carbocycles. The van der Waals surface area contributed by atoms with Crippen LogP contribution in [0.1, 0.15) is 58.3 Å². The van der Waals surface area contributed by atoms with E-state index in [4.69, 9.17) is 0 Å². The van der Waals surface area contributed by atoms with Crippen LogP contribution in [0.4, 0.5) is 0 Å². The number of hydrogen-bond acceptors (Lipinski definition) is 0. The van der Waals surface area contributed by atoms with Crippen molar-refractivity contribution in [1.82, 2.24) is 0 Å². The third-order valence-corrected chi connectivity index (χ3v) is 5.43. The summed E-state index contributed by atoms with van der Waals surface area (Å²) in [5.41, 5.74) is 0. The van der Waals surface area contributed by atoms with E-state index in [-0.39, 0.29) is 0 Å². The topological polar surface area (TPSA) is 0 Å². The fourth-order valence-corrected chi connectivity index (χ4v) is 4.68. The zero-order valence-corrected chi connectivity index (χ0v) is 9.54. The van der Waals surface area contributed by atoms with E-state index in [1.54, 1.807) is 44.9 Å². The fourth-order valence-electron chi connectivity index (χ4n) is 4.68. The maximum Gasteiger partial charge on any atom is -0.0380 e. The maximum atomic E-state index is 2.49. The van der Waals surface area contributed by atoms with Gasteiger partial charge >= 0.3 is 0 Å². The van der Waals surface area contributed by atoms with Crippen LogP contribution in [0.3, 0.4) is 0 Å². The van der Waals surface area contributed by atoms with Gasteiger partial charge in [-0.15, -0.1) is 0 Å². The zero-order chi connectivity index (χ0) is 9.54. The van der Waals surface area contributed by atoms with E-state index >= 15 is 0 Å². The van der Waals surface area contributed by atoms with Crippen LogP contribution in [0.5, 0.6) is 0 Å². The van der Waals surface area contributed by atoms with Gasteiger partial charge in [0.15, 0.2) is 0 Å². The Labute approximate surface area is 88.5 Å². The molecule has 0 heterocycles. The minimum absolute atomic E-state index is 1.03. The van der Waals surface area contributed by atoms with Gasteiger partial charge in [0.2, 0.25) is 0 Å². The Morgan fingerprint density at radius 2 is 1.36 bits per heavy atom. The Morgan fingerprint density at radius 3 is 2.29 bits per heavy atom. The average Bonchev–Trinajstić information content (AvgIpc) is 2.42. The minimum atomic E-state index is 1.03. The van der Waals surface area contributed by atoms with Gasteiger partial charge in [-0.25, -0.2) is 0 Å². The molecule has 3 bridgehead atoms. The summed E-state index contributed by atoms with van der Waals surface area (Å²) >= 11 is 0. The largest absolute Gasteiger partial charge is 0.0625 e. The lowest BCUT2D eigenvalue weighted by atomic mass is 9.75. The molecule has 0 nitrogen and oxygen atoms in total. The second-order valence-electron chi connectivity index (χ2n) is 6.36. The quantitative estimate of drug-likeness (QED) is 0.538. The minimum Gasteiger partial charge on any atom is -0.0625 e. The number of hydrogen-bond donors (Lipinski definition) is 0. The van der Waals surface area contributed by atoms with E-state index in [0.29, 0.717) is 0 Å². The Kier molecular flexibility index (Phi) is 2.34. The fraction of sp³-hybridized carbons (Fsp3) is 1.00. The summed E-state index contributed by atoms with van der Waals surface area (Å²) in [5.74, 6) is 5.60. The lowest BCUT2D eigenvalue weighted by Gasteiger charge is -2.30. The molecule has 0 aromatic heterocycles. The molecular weight excluding hydrogens is 168 g/mol. The normalized spacial score (nSPS) is 52.5. The average molecular weight is 192 g/mol. The standard InChI is InChI=1S/C14H24/c1-10-5-6-11-3-2-4-12-8-14(11)9-13(12)7-10/h10-14H,2-9H2,1H3/t10-,11?,12?,13?,14?/m1/s1. The molecule has 14 heavy (non-hydrogen) atoms. The molecule has 0 aromatic carbocycles. The predicted molar refractivity (Wildman–Crippen MR) is 60.1 cm³/mol. The van der Waals surface area contributed by atoms with Crippen LogP contribution >= 0.6 is 0 Å². The highest BCUT2D eigenvalue weighted by Crippen LogP contribution is 2.52. The van der Waals surface area contributed by atoms with Gasteiger partial charge in [0.05, 0.1) is 0 Å². The molecule has 80 valence electrons. The molecular formula is C14H24. The van der Waals surface area contributed by atoms with Gasteiger partial charge in [0, 0.05) is 0 Å². The van der Waals surface area contributed by atoms with Crippen molar-refractivity contribution in [1.29, 1.82) is 0 Å². The number of rotatable bonds is 0. The molecule has 0 heteroatoms. The summed E-state index contributed by atoms with van der Waals surface area (Å²) in [6.45, 7) is 2.49. The smallest absolute Gasteiger partial charge is 0.0380 e. The van der Waals surface area contributed by atoms with Crippen LogP contribution in [-0.2, 0) is 0 Å². The van der Waals surface area contributed by atoms with Crippen molar-refractivity contribution in [3.8, 4) is 0 Å². The molecule has 0 spiro atoms. The molecule has 4 unspecified atom stereocenters. The lowest BCUT2D eigenvalue weighted by Crippen LogP contribution is -2.19. The summed E-state index contributed by atoms with van der Waals surface area (Å²) in [6.07, 6.45) is 12.6. The van der Waals surface area contributed by atoms with Crippen LogP contribution in [0.15, 0.2) is 0 Å². The van der Waals surface area contributed by atoms with Crippen molar-refractivity contribution in [3.05, 3.63) is 0 Å². The Hall–Kier alpha value is 0. The molecule has 3 fully saturated rings. The second-order valence-corrected chi connectivity index (χ2v) is 6.36. The van der Waals surface area contributed by atoms with E-state index in [1.807, 2.05) is 0 Å². The molecule has 0 aromatic rings. The van der Waals surface area contributed by atoms with Crippen LogP contribution in [-0.4, -0.2) is 0 Å². The van der Waals surface area contributed by atoms with Gasteiger partial charge in [-0.3, -0.25) is 0 Å². The van der Waals surface area contributed by atoms with Crippen LogP contribution in [0.2, 0.25) is 0 Å². The summed E-state index contributed by atoms with van der Waals surface area (Å²) in [5, 5.41) is 0.